The highest BCUT2D eigenvalue weighted by Gasteiger charge is 1.97. The number of hydrogen-bond donors (Lipinski definition) is 1. The van der Waals surface area contributed by atoms with E-state index in [1.807, 2.05) is 13.8 Å². The summed E-state index contributed by atoms with van der Waals surface area (Å²) < 4.78 is 12.4. The van der Waals surface area contributed by atoms with E-state index in [2.05, 4.69) is 15.3 Å². The third kappa shape index (κ3) is 2.49. The lowest BCUT2D eigenvalue weighted by molar-refractivity contribution is 0.580. The van der Waals surface area contributed by atoms with Gasteiger partial charge in [-0.15, -0.1) is 0 Å². The summed E-state index contributed by atoms with van der Waals surface area (Å²) in [6, 6.07) is 1.52. The number of rotatable bonds is 2. The summed E-state index contributed by atoms with van der Waals surface area (Å²) in [6.45, 7) is 3.92. The van der Waals surface area contributed by atoms with E-state index in [4.69, 9.17) is 0 Å². The zero-order valence-electron chi connectivity index (χ0n) is 6.50. The van der Waals surface area contributed by atoms with Crippen molar-refractivity contribution in [2.45, 2.75) is 19.9 Å². The lowest BCUT2D eigenvalue weighted by atomic mass is 10.4. The number of nitrogens with one attached hydrogen (secondary N) is 1. The van der Waals surface area contributed by atoms with Gasteiger partial charge >= 0.3 is 0 Å². The smallest absolute Gasteiger partial charge is 0.217 e. The van der Waals surface area contributed by atoms with E-state index in [0.717, 1.165) is 0 Å². The summed E-state index contributed by atoms with van der Waals surface area (Å²) >= 11 is 0. The molecule has 1 heterocycles. The molecule has 0 aromatic carbocycles. The summed E-state index contributed by atoms with van der Waals surface area (Å²) in [4.78, 5) is 7.15. The van der Waals surface area contributed by atoms with Crippen molar-refractivity contribution in [3.63, 3.8) is 0 Å². The number of aromatic nitrogens is 2. The highest BCUT2D eigenvalue weighted by atomic mass is 19.1. The molecule has 60 valence electrons. The summed E-state index contributed by atoms with van der Waals surface area (Å²) in [5.74, 6) is 0.00986. The molecule has 0 aliphatic heterocycles. The fourth-order valence-electron chi connectivity index (χ4n) is 0.708. The van der Waals surface area contributed by atoms with Gasteiger partial charge in [-0.25, -0.2) is 9.97 Å². The standard InChI is InChI=1S/C7H10FN3/c1-5(2)11-7-3-6(8)9-4-10-7/h3-5H,1-2H3,(H,9,10,11). The Balaban J connectivity index is 2.71. The third-order valence-corrected chi connectivity index (χ3v) is 1.07. The maximum Gasteiger partial charge on any atom is 0.217 e. The van der Waals surface area contributed by atoms with Gasteiger partial charge in [-0.2, -0.15) is 4.39 Å². The van der Waals surface area contributed by atoms with Crippen LogP contribution in [0.3, 0.4) is 0 Å². The van der Waals surface area contributed by atoms with E-state index in [1.54, 1.807) is 0 Å². The zero-order valence-corrected chi connectivity index (χ0v) is 6.50. The second-order valence-electron chi connectivity index (χ2n) is 2.53. The first kappa shape index (κ1) is 7.91. The molecule has 1 aromatic heterocycles. The van der Waals surface area contributed by atoms with Gasteiger partial charge in [0.1, 0.15) is 12.1 Å². The van der Waals surface area contributed by atoms with Crippen molar-refractivity contribution in [3.8, 4) is 0 Å². The Morgan fingerprint density at radius 1 is 1.45 bits per heavy atom. The fourth-order valence-corrected chi connectivity index (χ4v) is 0.708. The van der Waals surface area contributed by atoms with Gasteiger partial charge < -0.3 is 5.32 Å². The minimum Gasteiger partial charge on any atom is -0.368 e. The number of nitrogens with zero attached hydrogens (tertiary/aromatic N) is 2. The van der Waals surface area contributed by atoms with E-state index in [1.165, 1.54) is 12.4 Å². The van der Waals surface area contributed by atoms with Gasteiger partial charge in [-0.3, -0.25) is 0 Å². The highest BCUT2D eigenvalue weighted by Crippen LogP contribution is 2.03. The SMILES string of the molecule is CC(C)Nc1cc(F)ncn1. The largest absolute Gasteiger partial charge is 0.368 e. The van der Waals surface area contributed by atoms with Crippen LogP contribution in [0.1, 0.15) is 13.8 Å². The molecule has 0 saturated carbocycles. The van der Waals surface area contributed by atoms with Gasteiger partial charge in [-0.1, -0.05) is 0 Å². The van der Waals surface area contributed by atoms with Crippen molar-refractivity contribution in [3.05, 3.63) is 18.3 Å². The van der Waals surface area contributed by atoms with E-state index < -0.39 is 5.95 Å². The topological polar surface area (TPSA) is 37.8 Å². The third-order valence-electron chi connectivity index (χ3n) is 1.07. The van der Waals surface area contributed by atoms with Crippen molar-refractivity contribution in [2.24, 2.45) is 0 Å². The van der Waals surface area contributed by atoms with Crippen molar-refractivity contribution in [1.82, 2.24) is 9.97 Å². The minimum atomic E-state index is -0.511. The van der Waals surface area contributed by atoms with Crippen molar-refractivity contribution < 1.29 is 4.39 Å². The first-order valence-corrected chi connectivity index (χ1v) is 3.42. The molecule has 0 aliphatic rings. The van der Waals surface area contributed by atoms with E-state index in [-0.39, 0.29) is 6.04 Å². The van der Waals surface area contributed by atoms with Crippen LogP contribution in [0.4, 0.5) is 10.2 Å². The van der Waals surface area contributed by atoms with Crippen LogP contribution in [0.2, 0.25) is 0 Å². The average Bonchev–Trinajstić information content (AvgIpc) is 1.85. The fraction of sp³-hybridized carbons (Fsp3) is 0.429. The van der Waals surface area contributed by atoms with Crippen LogP contribution in [0.15, 0.2) is 12.4 Å². The first-order chi connectivity index (χ1) is 5.18. The summed E-state index contributed by atoms with van der Waals surface area (Å²) in [5.41, 5.74) is 0. The lowest BCUT2D eigenvalue weighted by Gasteiger charge is -2.07. The van der Waals surface area contributed by atoms with E-state index in [9.17, 15) is 4.39 Å². The predicted molar refractivity (Wildman–Crippen MR) is 40.7 cm³/mol. The summed E-state index contributed by atoms with van der Waals surface area (Å²) in [7, 11) is 0. The lowest BCUT2D eigenvalue weighted by Crippen LogP contribution is -2.11. The van der Waals surface area contributed by atoms with Crippen molar-refractivity contribution in [2.75, 3.05) is 5.32 Å². The maximum absolute atomic E-state index is 12.4. The molecule has 4 heteroatoms. The second-order valence-corrected chi connectivity index (χ2v) is 2.53. The van der Waals surface area contributed by atoms with Crippen LogP contribution in [-0.4, -0.2) is 16.0 Å². The molecule has 0 aliphatic carbocycles. The summed E-state index contributed by atoms with van der Waals surface area (Å²) in [5, 5.41) is 2.95. The van der Waals surface area contributed by atoms with Gasteiger partial charge in [-0.05, 0) is 13.8 Å². The number of anilines is 1. The molecule has 3 nitrogen and oxygen atoms in total. The van der Waals surface area contributed by atoms with Crippen LogP contribution >= 0.6 is 0 Å². The van der Waals surface area contributed by atoms with Gasteiger partial charge in [0.2, 0.25) is 5.95 Å². The molecule has 0 fully saturated rings. The van der Waals surface area contributed by atoms with Crippen LogP contribution in [0, 0.1) is 5.95 Å². The Kier molecular flexibility index (Phi) is 2.36. The van der Waals surface area contributed by atoms with Gasteiger partial charge in [0.05, 0.1) is 0 Å². The Morgan fingerprint density at radius 2 is 2.18 bits per heavy atom. The molecule has 0 atom stereocenters. The van der Waals surface area contributed by atoms with Gasteiger partial charge in [0.25, 0.3) is 0 Å². The van der Waals surface area contributed by atoms with Crippen LogP contribution in [-0.2, 0) is 0 Å². The predicted octanol–water partition coefficient (Wildman–Crippen LogP) is 1.44. The molecule has 0 saturated heterocycles. The van der Waals surface area contributed by atoms with E-state index in [0.29, 0.717) is 5.82 Å². The van der Waals surface area contributed by atoms with Gasteiger partial charge in [0, 0.05) is 12.1 Å². The molecule has 11 heavy (non-hydrogen) atoms. The number of halogens is 1. The quantitative estimate of drug-likeness (QED) is 0.656. The normalized spacial score (nSPS) is 10.2. The zero-order chi connectivity index (χ0) is 8.27. The summed E-state index contributed by atoms with van der Waals surface area (Å²) in [6.07, 6.45) is 1.19. The molecule has 0 bridgehead atoms. The Labute approximate surface area is 64.7 Å². The molecule has 0 unspecified atom stereocenters. The molecular weight excluding hydrogens is 145 g/mol. The Hall–Kier alpha value is -1.19. The Morgan fingerprint density at radius 3 is 2.73 bits per heavy atom. The van der Waals surface area contributed by atoms with Gasteiger partial charge in [0.15, 0.2) is 0 Å². The molecule has 0 radical (unpaired) electrons. The first-order valence-electron chi connectivity index (χ1n) is 3.42. The van der Waals surface area contributed by atoms with Crippen LogP contribution in [0.5, 0.6) is 0 Å². The van der Waals surface area contributed by atoms with Crippen LogP contribution < -0.4 is 5.32 Å². The van der Waals surface area contributed by atoms with Crippen molar-refractivity contribution in [1.29, 1.82) is 0 Å². The molecule has 1 rings (SSSR count). The maximum atomic E-state index is 12.4. The van der Waals surface area contributed by atoms with Crippen LogP contribution in [0.25, 0.3) is 0 Å². The molecule has 1 aromatic rings. The second kappa shape index (κ2) is 3.27. The molecule has 0 spiro atoms. The molecule has 0 amide bonds. The highest BCUT2D eigenvalue weighted by molar-refractivity contribution is 5.32. The average molecular weight is 155 g/mol. The number of hydrogen-bond acceptors (Lipinski definition) is 3. The molecule has 1 N–H and O–H groups in total. The Bertz CT molecular complexity index is 237. The van der Waals surface area contributed by atoms with E-state index >= 15 is 0 Å². The molecular formula is C7H10FN3. The van der Waals surface area contributed by atoms with Crippen molar-refractivity contribution >= 4 is 5.82 Å². The monoisotopic (exact) mass is 155 g/mol. The minimum absolute atomic E-state index is 0.254.